The van der Waals surface area contributed by atoms with E-state index in [0.717, 1.165) is 44.8 Å². The van der Waals surface area contributed by atoms with Gasteiger partial charge in [0.25, 0.3) is 5.91 Å². The largest absolute Gasteiger partial charge is 0.491 e. The van der Waals surface area contributed by atoms with Gasteiger partial charge in [-0.1, -0.05) is 26.0 Å². The van der Waals surface area contributed by atoms with Crippen molar-refractivity contribution in [2.75, 3.05) is 26.4 Å². The molecule has 2 fully saturated rings. The third kappa shape index (κ3) is 8.53. The van der Waals surface area contributed by atoms with Gasteiger partial charge in [0.05, 0.1) is 29.3 Å². The van der Waals surface area contributed by atoms with Gasteiger partial charge in [0.15, 0.2) is 25.2 Å². The third-order valence-corrected chi connectivity index (χ3v) is 6.97. The lowest BCUT2D eigenvalue weighted by atomic mass is 9.99. The summed E-state index contributed by atoms with van der Waals surface area (Å²) in [5, 5.41) is 0. The van der Waals surface area contributed by atoms with Crippen molar-refractivity contribution in [2.45, 2.75) is 84.8 Å². The number of rotatable bonds is 12. The highest BCUT2D eigenvalue weighted by atomic mass is 16.7. The number of nitrogens with zero attached hydrogens (tertiary/aromatic N) is 1. The molecule has 0 aliphatic carbocycles. The van der Waals surface area contributed by atoms with Crippen molar-refractivity contribution in [1.82, 2.24) is 4.90 Å². The number of amides is 1. The van der Waals surface area contributed by atoms with Crippen LogP contribution in [0, 0.1) is 0 Å². The highest BCUT2D eigenvalue weighted by Crippen LogP contribution is 2.31. The van der Waals surface area contributed by atoms with E-state index in [1.807, 2.05) is 20.8 Å². The second-order valence-electron chi connectivity index (χ2n) is 9.64. The summed E-state index contributed by atoms with van der Waals surface area (Å²) in [5.74, 6) is 0.850. The second-order valence-corrected chi connectivity index (χ2v) is 9.64. The van der Waals surface area contributed by atoms with Crippen molar-refractivity contribution < 1.29 is 38.1 Å². The Morgan fingerprint density at radius 3 is 2.39 bits per heavy atom. The molecule has 2 aliphatic heterocycles. The Balaban J connectivity index is 0.00000226. The van der Waals surface area contributed by atoms with Crippen molar-refractivity contribution >= 4 is 18.5 Å². The molecule has 224 valence electrons. The topological polar surface area (TPSA) is 101 Å². The molecule has 2 aromatic carbocycles. The van der Waals surface area contributed by atoms with Crippen LogP contribution in [0.5, 0.6) is 17.2 Å². The van der Waals surface area contributed by atoms with Gasteiger partial charge in [0.2, 0.25) is 0 Å². The van der Waals surface area contributed by atoms with Crippen LogP contribution in [-0.2, 0) is 9.47 Å². The van der Waals surface area contributed by atoms with Gasteiger partial charge in [0, 0.05) is 19.6 Å². The first-order valence-electron chi connectivity index (χ1n) is 14.7. The molecule has 0 aromatic heterocycles. The number of hydrogen-bond donors (Lipinski definition) is 0. The Hall–Kier alpha value is -3.43. The minimum atomic E-state index is -0.563. The van der Waals surface area contributed by atoms with Crippen molar-refractivity contribution in [2.24, 2.45) is 0 Å². The van der Waals surface area contributed by atoms with Crippen LogP contribution in [0.1, 0.15) is 97.3 Å². The molecule has 2 saturated heterocycles. The summed E-state index contributed by atoms with van der Waals surface area (Å²) in [6.07, 6.45) is 5.72. The number of piperidine rings is 1. The molecule has 3 atom stereocenters. The van der Waals surface area contributed by atoms with Crippen LogP contribution in [0.25, 0.3) is 0 Å². The van der Waals surface area contributed by atoms with Crippen LogP contribution in [0.4, 0.5) is 0 Å². The predicted octanol–water partition coefficient (Wildman–Crippen LogP) is 6.08. The van der Waals surface area contributed by atoms with Crippen LogP contribution in [0.15, 0.2) is 36.4 Å². The molecule has 0 bridgehead atoms. The fourth-order valence-electron chi connectivity index (χ4n) is 5.00. The highest BCUT2D eigenvalue weighted by Gasteiger charge is 2.31. The number of aldehydes is 2. The number of benzene rings is 2. The van der Waals surface area contributed by atoms with Crippen molar-refractivity contribution in [3.8, 4) is 17.2 Å². The van der Waals surface area contributed by atoms with Crippen LogP contribution in [0.2, 0.25) is 0 Å². The fourth-order valence-corrected chi connectivity index (χ4v) is 5.00. The molecule has 2 heterocycles. The second kappa shape index (κ2) is 16.7. The molecule has 9 heteroatoms. The maximum Gasteiger partial charge on any atom is 0.255 e. The average molecular weight is 570 g/mol. The van der Waals surface area contributed by atoms with E-state index in [1.165, 1.54) is 0 Å². The molecular formula is C32H43NO8. The molecule has 0 saturated carbocycles. The number of ether oxygens (including phenoxy) is 5. The zero-order valence-electron chi connectivity index (χ0n) is 24.6. The fraction of sp³-hybridized carbons (Fsp3) is 0.531. The van der Waals surface area contributed by atoms with E-state index in [0.29, 0.717) is 48.9 Å². The summed E-state index contributed by atoms with van der Waals surface area (Å²) >= 11 is 0. The number of carbonyl (C=O) groups is 3. The summed E-state index contributed by atoms with van der Waals surface area (Å²) in [6, 6.07) is 9.97. The van der Waals surface area contributed by atoms with E-state index in [-0.39, 0.29) is 36.0 Å². The summed E-state index contributed by atoms with van der Waals surface area (Å²) in [6.45, 7) is 9.42. The zero-order valence-corrected chi connectivity index (χ0v) is 24.6. The van der Waals surface area contributed by atoms with E-state index < -0.39 is 6.29 Å². The molecule has 2 aliphatic rings. The summed E-state index contributed by atoms with van der Waals surface area (Å²) in [7, 11) is 0. The van der Waals surface area contributed by atoms with E-state index >= 15 is 0 Å². The minimum absolute atomic E-state index is 0.192. The molecular weight excluding hydrogens is 526 g/mol. The van der Waals surface area contributed by atoms with Crippen molar-refractivity contribution in [3.05, 3.63) is 53.1 Å². The van der Waals surface area contributed by atoms with Crippen LogP contribution >= 0.6 is 0 Å². The van der Waals surface area contributed by atoms with Crippen LogP contribution in [-0.4, -0.2) is 68.4 Å². The Kier molecular flexibility index (Phi) is 13.1. The van der Waals surface area contributed by atoms with Gasteiger partial charge < -0.3 is 28.6 Å². The summed E-state index contributed by atoms with van der Waals surface area (Å²) in [4.78, 5) is 39.5. The lowest BCUT2D eigenvalue weighted by Crippen LogP contribution is -2.47. The van der Waals surface area contributed by atoms with Crippen LogP contribution in [0.3, 0.4) is 0 Å². The van der Waals surface area contributed by atoms with E-state index in [1.54, 1.807) is 48.2 Å². The predicted molar refractivity (Wildman–Crippen MR) is 155 cm³/mol. The zero-order chi connectivity index (χ0) is 29.6. The summed E-state index contributed by atoms with van der Waals surface area (Å²) < 4.78 is 28.9. The average Bonchev–Trinajstić information content (AvgIpc) is 3.01. The third-order valence-electron chi connectivity index (χ3n) is 6.97. The molecule has 0 spiro atoms. The molecule has 2 aromatic rings. The van der Waals surface area contributed by atoms with Crippen molar-refractivity contribution in [3.63, 3.8) is 0 Å². The maximum absolute atomic E-state index is 13.7. The number of likely N-dealkylation sites (tertiary alicyclic amines) is 1. The Morgan fingerprint density at radius 1 is 0.976 bits per heavy atom. The standard InChI is InChI=1S/C30H37NO8.C2H6/c1-3-35-21(2)38-27-13-8-11-23(24(27)18-32)30(34)31-16-6-4-10-22(31)20-37-26-12-9-14-28(25(26)19-33)39-29-15-5-7-17-36-29;1-2/h8-9,11-14,18-19,21-22,29H,3-7,10,15-17,20H2,1-2H3;1-2H3. The molecule has 41 heavy (non-hydrogen) atoms. The van der Waals surface area contributed by atoms with E-state index in [9.17, 15) is 14.4 Å². The first-order valence-corrected chi connectivity index (χ1v) is 14.7. The first kappa shape index (κ1) is 32.1. The smallest absolute Gasteiger partial charge is 0.255 e. The van der Waals surface area contributed by atoms with Gasteiger partial charge in [-0.2, -0.15) is 0 Å². The highest BCUT2D eigenvalue weighted by molar-refractivity contribution is 6.03. The number of hydrogen-bond acceptors (Lipinski definition) is 8. The molecule has 0 radical (unpaired) electrons. The molecule has 3 unspecified atom stereocenters. The minimum Gasteiger partial charge on any atom is -0.491 e. The molecule has 4 rings (SSSR count). The van der Waals surface area contributed by atoms with Gasteiger partial charge in [-0.05, 0) is 70.2 Å². The van der Waals surface area contributed by atoms with Gasteiger partial charge in [-0.3, -0.25) is 14.4 Å². The van der Waals surface area contributed by atoms with Gasteiger partial charge in [-0.25, -0.2) is 0 Å². The normalized spacial score (nSPS) is 19.3. The maximum atomic E-state index is 13.7. The summed E-state index contributed by atoms with van der Waals surface area (Å²) in [5.41, 5.74) is 0.781. The Morgan fingerprint density at radius 2 is 1.68 bits per heavy atom. The van der Waals surface area contributed by atoms with Gasteiger partial charge >= 0.3 is 0 Å². The molecule has 1 amide bonds. The Bertz CT molecular complexity index is 1130. The van der Waals surface area contributed by atoms with Gasteiger partial charge in [-0.15, -0.1) is 0 Å². The SMILES string of the molecule is CC.CCOC(C)Oc1cccc(C(=O)N2CCCCC2COc2cccc(OC3CCCCO3)c2C=O)c1C=O. The molecule has 0 N–H and O–H groups in total. The van der Waals surface area contributed by atoms with E-state index in [2.05, 4.69) is 0 Å². The number of carbonyl (C=O) groups excluding carboxylic acids is 3. The quantitative estimate of drug-likeness (QED) is 0.224. The van der Waals surface area contributed by atoms with Gasteiger partial charge in [0.1, 0.15) is 23.9 Å². The van der Waals surface area contributed by atoms with Crippen molar-refractivity contribution in [1.29, 1.82) is 0 Å². The lowest BCUT2D eigenvalue weighted by molar-refractivity contribution is -0.106. The Labute approximate surface area is 243 Å². The monoisotopic (exact) mass is 569 g/mol. The molecule has 9 nitrogen and oxygen atoms in total. The lowest BCUT2D eigenvalue weighted by Gasteiger charge is -2.36. The first-order chi connectivity index (χ1) is 20.0. The van der Waals surface area contributed by atoms with E-state index in [4.69, 9.17) is 23.7 Å². The van der Waals surface area contributed by atoms with Crippen LogP contribution < -0.4 is 14.2 Å².